The van der Waals surface area contributed by atoms with Crippen molar-refractivity contribution >= 4 is 17.7 Å². The van der Waals surface area contributed by atoms with E-state index in [4.69, 9.17) is 4.74 Å². The molecule has 4 nitrogen and oxygen atoms in total. The van der Waals surface area contributed by atoms with Gasteiger partial charge in [-0.15, -0.1) is 0 Å². The minimum absolute atomic E-state index is 0.0127. The number of nitrogens with one attached hydrogen (secondary N) is 2. The molecule has 1 aliphatic rings. The lowest BCUT2D eigenvalue weighted by molar-refractivity contribution is -0.121. The van der Waals surface area contributed by atoms with Gasteiger partial charge in [-0.1, -0.05) is 25.1 Å². The van der Waals surface area contributed by atoms with Crippen molar-refractivity contribution in [3.8, 4) is 5.75 Å². The van der Waals surface area contributed by atoms with Crippen LogP contribution < -0.4 is 15.4 Å². The summed E-state index contributed by atoms with van der Waals surface area (Å²) in [5.74, 6) is 3.16. The molecular formula is C17H26N2O2S. The number of amides is 1. The maximum absolute atomic E-state index is 12.0. The summed E-state index contributed by atoms with van der Waals surface area (Å²) in [7, 11) is 0. The zero-order chi connectivity index (χ0) is 15.8. The van der Waals surface area contributed by atoms with E-state index in [1.54, 1.807) is 0 Å². The van der Waals surface area contributed by atoms with Crippen LogP contribution in [0.25, 0.3) is 0 Å². The molecule has 0 saturated carbocycles. The second kappa shape index (κ2) is 9.06. The van der Waals surface area contributed by atoms with Crippen molar-refractivity contribution in [2.45, 2.75) is 38.8 Å². The Morgan fingerprint density at radius 2 is 2.32 bits per heavy atom. The fourth-order valence-electron chi connectivity index (χ4n) is 2.41. The third-order valence-corrected chi connectivity index (χ3v) is 4.93. The first-order valence-corrected chi connectivity index (χ1v) is 9.14. The number of benzene rings is 1. The van der Waals surface area contributed by atoms with Crippen LogP contribution in [0.2, 0.25) is 0 Å². The van der Waals surface area contributed by atoms with Gasteiger partial charge in [-0.25, -0.2) is 0 Å². The molecule has 2 unspecified atom stereocenters. The van der Waals surface area contributed by atoms with Crippen LogP contribution >= 0.6 is 11.8 Å². The lowest BCUT2D eigenvalue weighted by Crippen LogP contribution is -2.43. The van der Waals surface area contributed by atoms with Crippen molar-refractivity contribution in [1.82, 2.24) is 10.6 Å². The molecule has 0 aliphatic carbocycles. The third-order valence-electron chi connectivity index (χ3n) is 3.80. The monoisotopic (exact) mass is 322 g/mol. The zero-order valence-corrected chi connectivity index (χ0v) is 14.2. The number of aryl methyl sites for hydroxylation is 1. The Kier molecular flexibility index (Phi) is 7.06. The molecule has 0 radical (unpaired) electrons. The fraction of sp³-hybridized carbons (Fsp3) is 0.588. The van der Waals surface area contributed by atoms with Crippen LogP contribution in [0.3, 0.4) is 0 Å². The maximum atomic E-state index is 12.0. The topological polar surface area (TPSA) is 50.4 Å². The van der Waals surface area contributed by atoms with Gasteiger partial charge in [0.2, 0.25) is 5.91 Å². The Balaban J connectivity index is 1.75. The van der Waals surface area contributed by atoms with Gasteiger partial charge in [0.05, 0.1) is 6.54 Å². The van der Waals surface area contributed by atoms with Crippen molar-refractivity contribution in [2.24, 2.45) is 0 Å². The number of rotatable bonds is 7. The average molecular weight is 322 g/mol. The lowest BCUT2D eigenvalue weighted by atomic mass is 10.2. The van der Waals surface area contributed by atoms with Gasteiger partial charge in [0.1, 0.15) is 11.9 Å². The Labute approximate surface area is 137 Å². The molecule has 0 spiro atoms. The molecule has 22 heavy (non-hydrogen) atoms. The van der Waals surface area contributed by atoms with Crippen LogP contribution in [0.15, 0.2) is 24.3 Å². The Hall–Kier alpha value is -1.20. The number of carbonyl (C=O) groups excluding carboxylic acids is 1. The van der Waals surface area contributed by atoms with Crippen LogP contribution in [0.1, 0.15) is 25.3 Å². The normalized spacial score (nSPS) is 19.5. The molecule has 5 heteroatoms. The number of carbonyl (C=O) groups is 1. The predicted octanol–water partition coefficient (Wildman–Crippen LogP) is 2.36. The average Bonchev–Trinajstić information content (AvgIpc) is 2.54. The van der Waals surface area contributed by atoms with Gasteiger partial charge in [0.25, 0.3) is 0 Å². The first kappa shape index (κ1) is 17.2. The smallest absolute Gasteiger partial charge is 0.221 e. The summed E-state index contributed by atoms with van der Waals surface area (Å²) < 4.78 is 6.00. The van der Waals surface area contributed by atoms with Gasteiger partial charge in [0, 0.05) is 30.5 Å². The SMILES string of the molecule is CCC(CNC(=O)CC1CSCCN1)Oc1ccccc1C. The van der Waals surface area contributed by atoms with Crippen LogP contribution in [0.5, 0.6) is 5.75 Å². The molecule has 1 aliphatic heterocycles. The molecule has 1 saturated heterocycles. The number of ether oxygens (including phenoxy) is 1. The van der Waals surface area contributed by atoms with Gasteiger partial charge in [-0.3, -0.25) is 4.79 Å². The standard InChI is InChI=1S/C17H26N2O2S/c1-3-15(21-16-7-5-4-6-13(16)2)11-19-17(20)10-14-12-22-9-8-18-14/h4-7,14-15,18H,3,8-12H2,1-2H3,(H,19,20). The number of hydrogen-bond donors (Lipinski definition) is 2. The van der Waals surface area contributed by atoms with E-state index in [2.05, 4.69) is 17.6 Å². The molecule has 1 amide bonds. The largest absolute Gasteiger partial charge is 0.488 e. The number of para-hydroxylation sites is 1. The highest BCUT2D eigenvalue weighted by atomic mass is 32.2. The zero-order valence-electron chi connectivity index (χ0n) is 13.4. The molecule has 1 aromatic carbocycles. The molecule has 2 atom stereocenters. The van der Waals surface area contributed by atoms with E-state index in [1.165, 1.54) is 0 Å². The van der Waals surface area contributed by atoms with E-state index >= 15 is 0 Å². The molecule has 1 fully saturated rings. The molecule has 2 rings (SSSR count). The first-order valence-electron chi connectivity index (χ1n) is 7.99. The Morgan fingerprint density at radius 3 is 3.00 bits per heavy atom. The summed E-state index contributed by atoms with van der Waals surface area (Å²) >= 11 is 1.91. The van der Waals surface area contributed by atoms with Crippen molar-refractivity contribution in [2.75, 3.05) is 24.6 Å². The van der Waals surface area contributed by atoms with E-state index < -0.39 is 0 Å². The summed E-state index contributed by atoms with van der Waals surface area (Å²) in [4.78, 5) is 12.0. The van der Waals surface area contributed by atoms with E-state index in [0.717, 1.165) is 35.8 Å². The maximum Gasteiger partial charge on any atom is 0.221 e. The molecule has 1 heterocycles. The van der Waals surface area contributed by atoms with Crippen molar-refractivity contribution in [3.05, 3.63) is 29.8 Å². The van der Waals surface area contributed by atoms with Crippen molar-refractivity contribution < 1.29 is 9.53 Å². The van der Waals surface area contributed by atoms with E-state index in [9.17, 15) is 4.79 Å². The molecule has 0 bridgehead atoms. The van der Waals surface area contributed by atoms with Gasteiger partial charge in [-0.2, -0.15) is 11.8 Å². The molecule has 1 aromatic rings. The Bertz CT molecular complexity index is 475. The van der Waals surface area contributed by atoms with Crippen molar-refractivity contribution in [3.63, 3.8) is 0 Å². The summed E-state index contributed by atoms with van der Waals surface area (Å²) in [6.07, 6.45) is 1.43. The second-order valence-corrected chi connectivity index (χ2v) is 6.80. The molecule has 122 valence electrons. The fourth-order valence-corrected chi connectivity index (χ4v) is 3.36. The predicted molar refractivity (Wildman–Crippen MR) is 92.6 cm³/mol. The third kappa shape index (κ3) is 5.54. The number of thioether (sulfide) groups is 1. The van der Waals surface area contributed by atoms with Gasteiger partial charge in [0.15, 0.2) is 0 Å². The minimum Gasteiger partial charge on any atom is -0.488 e. The first-order chi connectivity index (χ1) is 10.7. The summed E-state index contributed by atoms with van der Waals surface area (Å²) in [5.41, 5.74) is 1.12. The molecule has 0 aromatic heterocycles. The highest BCUT2D eigenvalue weighted by Gasteiger charge is 2.17. The van der Waals surface area contributed by atoms with E-state index in [0.29, 0.717) is 19.0 Å². The van der Waals surface area contributed by atoms with Gasteiger partial charge in [-0.05, 0) is 25.0 Å². The van der Waals surface area contributed by atoms with E-state index in [-0.39, 0.29) is 12.0 Å². The summed E-state index contributed by atoms with van der Waals surface area (Å²) in [5, 5.41) is 6.39. The second-order valence-electron chi connectivity index (χ2n) is 5.65. The van der Waals surface area contributed by atoms with Crippen LogP contribution in [0.4, 0.5) is 0 Å². The van der Waals surface area contributed by atoms with E-state index in [1.807, 2.05) is 43.0 Å². The van der Waals surface area contributed by atoms with Crippen LogP contribution in [0, 0.1) is 6.92 Å². The van der Waals surface area contributed by atoms with Crippen LogP contribution in [-0.2, 0) is 4.79 Å². The van der Waals surface area contributed by atoms with Gasteiger partial charge < -0.3 is 15.4 Å². The van der Waals surface area contributed by atoms with Crippen molar-refractivity contribution in [1.29, 1.82) is 0 Å². The number of hydrogen-bond acceptors (Lipinski definition) is 4. The Morgan fingerprint density at radius 1 is 1.50 bits per heavy atom. The summed E-state index contributed by atoms with van der Waals surface area (Å²) in [6, 6.07) is 8.28. The highest BCUT2D eigenvalue weighted by Crippen LogP contribution is 2.18. The molecular weight excluding hydrogens is 296 g/mol. The lowest BCUT2D eigenvalue weighted by Gasteiger charge is -2.23. The summed E-state index contributed by atoms with van der Waals surface area (Å²) in [6.45, 7) is 5.67. The van der Waals surface area contributed by atoms with Crippen LogP contribution in [-0.4, -0.2) is 42.6 Å². The molecule has 2 N–H and O–H groups in total. The highest BCUT2D eigenvalue weighted by molar-refractivity contribution is 7.99. The minimum atomic E-state index is 0.0127. The van der Waals surface area contributed by atoms with Gasteiger partial charge >= 0.3 is 0 Å². The quantitative estimate of drug-likeness (QED) is 0.809.